The summed E-state index contributed by atoms with van der Waals surface area (Å²) in [5, 5.41) is 3.42. The lowest BCUT2D eigenvalue weighted by Gasteiger charge is -2.36. The van der Waals surface area contributed by atoms with Crippen LogP contribution in [0.1, 0.15) is 12.8 Å². The Bertz CT molecular complexity index is 161. The summed E-state index contributed by atoms with van der Waals surface area (Å²) in [4.78, 5) is 0. The van der Waals surface area contributed by atoms with E-state index in [2.05, 4.69) is 5.32 Å². The van der Waals surface area contributed by atoms with Crippen LogP contribution in [0, 0.1) is 5.92 Å². The molecule has 3 nitrogen and oxygen atoms in total. The highest BCUT2D eigenvalue weighted by Crippen LogP contribution is 2.24. The molecule has 2 aliphatic rings. The van der Waals surface area contributed by atoms with Crippen molar-refractivity contribution in [1.29, 1.82) is 0 Å². The van der Waals surface area contributed by atoms with Crippen molar-refractivity contribution >= 4 is 11.8 Å². The lowest BCUT2D eigenvalue weighted by atomic mass is 9.90. The summed E-state index contributed by atoms with van der Waals surface area (Å²) in [6, 6.07) is 0.470. The molecule has 2 heterocycles. The van der Waals surface area contributed by atoms with Crippen molar-refractivity contribution in [2.75, 3.05) is 38.4 Å². The number of hydrogen-bond donors (Lipinski definition) is 1. The maximum absolute atomic E-state index is 5.85. The second-order valence-corrected chi connectivity index (χ2v) is 5.43. The van der Waals surface area contributed by atoms with Crippen molar-refractivity contribution in [2.45, 2.75) is 25.0 Å². The number of ether oxygens (including phenoxy) is 2. The van der Waals surface area contributed by atoms with E-state index >= 15 is 0 Å². The molecule has 0 saturated carbocycles. The highest BCUT2D eigenvalue weighted by molar-refractivity contribution is 7.99. The third-order valence-corrected chi connectivity index (χ3v) is 4.30. The molecule has 0 aromatic rings. The quantitative estimate of drug-likeness (QED) is 0.789. The smallest absolute Gasteiger partial charge is 0.0822 e. The van der Waals surface area contributed by atoms with Crippen molar-refractivity contribution in [1.82, 2.24) is 5.32 Å². The van der Waals surface area contributed by atoms with Gasteiger partial charge < -0.3 is 14.8 Å². The first-order valence-corrected chi connectivity index (χ1v) is 7.01. The fourth-order valence-electron chi connectivity index (χ4n) is 2.49. The lowest BCUT2D eigenvalue weighted by molar-refractivity contribution is -0.0135. The van der Waals surface area contributed by atoms with Gasteiger partial charge in [0, 0.05) is 30.1 Å². The van der Waals surface area contributed by atoms with E-state index in [4.69, 9.17) is 9.47 Å². The fraction of sp³-hybridized carbons (Fsp3) is 1.00. The van der Waals surface area contributed by atoms with Crippen LogP contribution >= 0.6 is 11.8 Å². The van der Waals surface area contributed by atoms with E-state index in [-0.39, 0.29) is 0 Å². The van der Waals surface area contributed by atoms with Gasteiger partial charge in [0.15, 0.2) is 0 Å². The summed E-state index contributed by atoms with van der Waals surface area (Å²) in [7, 11) is 2.04. The van der Waals surface area contributed by atoms with Crippen LogP contribution in [0.3, 0.4) is 0 Å². The van der Waals surface area contributed by atoms with Crippen LogP contribution in [0.25, 0.3) is 0 Å². The Morgan fingerprint density at radius 1 is 1.40 bits per heavy atom. The summed E-state index contributed by atoms with van der Waals surface area (Å²) in [6.45, 7) is 2.74. The Hall–Kier alpha value is 0.230. The molecule has 2 saturated heterocycles. The van der Waals surface area contributed by atoms with Gasteiger partial charge in [-0.3, -0.25) is 0 Å². The first-order chi connectivity index (χ1) is 7.42. The maximum atomic E-state index is 5.85. The van der Waals surface area contributed by atoms with Gasteiger partial charge in [0.1, 0.15) is 0 Å². The highest BCUT2D eigenvalue weighted by atomic mass is 32.2. The summed E-state index contributed by atoms with van der Waals surface area (Å²) in [5.74, 6) is 2.91. The van der Waals surface area contributed by atoms with Crippen molar-refractivity contribution in [3.8, 4) is 0 Å². The van der Waals surface area contributed by atoms with E-state index < -0.39 is 0 Å². The molecule has 0 radical (unpaired) electrons. The minimum absolute atomic E-state index is 0.375. The molecule has 2 aliphatic heterocycles. The summed E-state index contributed by atoms with van der Waals surface area (Å²) in [5.41, 5.74) is 0. The lowest BCUT2D eigenvalue weighted by Crippen LogP contribution is -2.50. The Morgan fingerprint density at radius 2 is 2.33 bits per heavy atom. The molecule has 0 aromatic heterocycles. The molecule has 3 atom stereocenters. The predicted molar refractivity (Wildman–Crippen MR) is 63.5 cm³/mol. The van der Waals surface area contributed by atoms with Crippen molar-refractivity contribution in [2.24, 2.45) is 5.92 Å². The van der Waals surface area contributed by atoms with Gasteiger partial charge in [0.2, 0.25) is 0 Å². The normalized spacial score (nSPS) is 35.0. The van der Waals surface area contributed by atoms with E-state index in [9.17, 15) is 0 Å². The monoisotopic (exact) mass is 231 g/mol. The average molecular weight is 231 g/mol. The van der Waals surface area contributed by atoms with Gasteiger partial charge in [-0.1, -0.05) is 0 Å². The molecule has 4 heteroatoms. The Morgan fingerprint density at radius 3 is 2.93 bits per heavy atom. The van der Waals surface area contributed by atoms with Gasteiger partial charge in [-0.25, -0.2) is 0 Å². The van der Waals surface area contributed by atoms with Crippen LogP contribution in [0.2, 0.25) is 0 Å². The second kappa shape index (κ2) is 6.09. The first-order valence-electron chi connectivity index (χ1n) is 5.86. The molecule has 0 bridgehead atoms. The minimum Gasteiger partial charge on any atom is -0.381 e. The van der Waals surface area contributed by atoms with Gasteiger partial charge in [-0.15, -0.1) is 0 Å². The first kappa shape index (κ1) is 11.7. The molecule has 2 fully saturated rings. The molecular formula is C11H21NO2S. The van der Waals surface area contributed by atoms with E-state index in [0.29, 0.717) is 18.1 Å². The summed E-state index contributed by atoms with van der Waals surface area (Å²) >= 11 is 2.00. The number of rotatable bonds is 3. The molecule has 0 aliphatic carbocycles. The summed E-state index contributed by atoms with van der Waals surface area (Å²) < 4.78 is 11.4. The highest BCUT2D eigenvalue weighted by Gasteiger charge is 2.31. The Labute approximate surface area is 96.3 Å². The molecule has 2 rings (SSSR count). The predicted octanol–water partition coefficient (Wildman–Crippen LogP) is 1.13. The molecule has 0 spiro atoms. The van der Waals surface area contributed by atoms with E-state index in [1.807, 2.05) is 18.8 Å². The van der Waals surface area contributed by atoms with Crippen LogP contribution in [-0.4, -0.2) is 50.5 Å². The Balaban J connectivity index is 1.88. The molecule has 1 N–H and O–H groups in total. The fourth-order valence-corrected chi connectivity index (χ4v) is 3.40. The molecule has 0 aromatic carbocycles. The zero-order valence-electron chi connectivity index (χ0n) is 9.41. The largest absolute Gasteiger partial charge is 0.381 e. The molecular weight excluding hydrogens is 210 g/mol. The number of nitrogens with one attached hydrogen (secondary N) is 1. The number of likely N-dealkylation sites (N-methyl/N-ethyl adjacent to an activating group) is 1. The van der Waals surface area contributed by atoms with Crippen LogP contribution < -0.4 is 5.32 Å². The topological polar surface area (TPSA) is 30.5 Å². The number of thioether (sulfide) groups is 1. The molecule has 3 unspecified atom stereocenters. The van der Waals surface area contributed by atoms with Gasteiger partial charge >= 0.3 is 0 Å². The zero-order chi connectivity index (χ0) is 10.5. The van der Waals surface area contributed by atoms with Crippen LogP contribution in [0.15, 0.2) is 0 Å². The third kappa shape index (κ3) is 3.09. The van der Waals surface area contributed by atoms with Gasteiger partial charge in [0.05, 0.1) is 19.3 Å². The van der Waals surface area contributed by atoms with E-state index in [1.165, 1.54) is 12.8 Å². The van der Waals surface area contributed by atoms with Crippen molar-refractivity contribution < 1.29 is 9.47 Å². The zero-order valence-corrected chi connectivity index (χ0v) is 10.2. The van der Waals surface area contributed by atoms with Crippen molar-refractivity contribution in [3.63, 3.8) is 0 Å². The van der Waals surface area contributed by atoms with Crippen molar-refractivity contribution in [3.05, 3.63) is 0 Å². The van der Waals surface area contributed by atoms with E-state index in [1.54, 1.807) is 0 Å². The molecule has 15 heavy (non-hydrogen) atoms. The number of hydrogen-bond acceptors (Lipinski definition) is 4. The van der Waals surface area contributed by atoms with Gasteiger partial charge in [-0.05, 0) is 19.9 Å². The van der Waals surface area contributed by atoms with E-state index in [0.717, 1.165) is 31.3 Å². The molecule has 0 amide bonds. The van der Waals surface area contributed by atoms with Crippen LogP contribution in [0.5, 0.6) is 0 Å². The van der Waals surface area contributed by atoms with Gasteiger partial charge in [0.25, 0.3) is 0 Å². The molecule has 88 valence electrons. The summed E-state index contributed by atoms with van der Waals surface area (Å²) in [6.07, 6.45) is 2.85. The van der Waals surface area contributed by atoms with Gasteiger partial charge in [-0.2, -0.15) is 11.8 Å². The van der Waals surface area contributed by atoms with Crippen LogP contribution in [0.4, 0.5) is 0 Å². The SMILES string of the molecule is CNC(C1CCCOC1)C1CSCCO1. The second-order valence-electron chi connectivity index (χ2n) is 4.28. The maximum Gasteiger partial charge on any atom is 0.0822 e. The standard InChI is InChI=1S/C11H21NO2S/c1-12-11(9-3-2-4-13-7-9)10-8-15-6-5-14-10/h9-12H,2-8H2,1H3. The van der Waals surface area contributed by atoms with Crippen LogP contribution in [-0.2, 0) is 9.47 Å². The average Bonchev–Trinajstić information content (AvgIpc) is 2.33. The third-order valence-electron chi connectivity index (χ3n) is 3.28. The minimum atomic E-state index is 0.375. The Kier molecular flexibility index (Phi) is 4.75.